The molecule has 456 valence electrons. The van der Waals surface area contributed by atoms with Crippen LogP contribution in [0.3, 0.4) is 0 Å². The van der Waals surface area contributed by atoms with Gasteiger partial charge in [0.1, 0.15) is 13.2 Å². The molecule has 0 saturated carbocycles. The average Bonchev–Trinajstić information content (AvgIpc) is 3.44. The minimum atomic E-state index is -0.778. The number of rotatable bonds is 64. The van der Waals surface area contributed by atoms with Gasteiger partial charge in [-0.1, -0.05) is 326 Å². The third-order valence-electron chi connectivity index (χ3n) is 15.6. The Morgan fingerprint density at radius 3 is 0.795 bits per heavy atom. The summed E-state index contributed by atoms with van der Waals surface area (Å²) in [7, 11) is 0. The molecule has 0 fully saturated rings. The summed E-state index contributed by atoms with van der Waals surface area (Å²) in [6, 6.07) is 0. The molecule has 0 aliphatic carbocycles. The van der Waals surface area contributed by atoms with Gasteiger partial charge in [0, 0.05) is 19.3 Å². The van der Waals surface area contributed by atoms with Crippen LogP contribution >= 0.6 is 0 Å². The van der Waals surface area contributed by atoms with E-state index in [1.54, 1.807) is 0 Å². The van der Waals surface area contributed by atoms with Crippen LogP contribution in [0, 0.1) is 0 Å². The highest BCUT2D eigenvalue weighted by Crippen LogP contribution is 2.18. The molecule has 0 aromatic rings. The van der Waals surface area contributed by atoms with Gasteiger partial charge in [0.05, 0.1) is 0 Å². The lowest BCUT2D eigenvalue weighted by molar-refractivity contribution is -0.167. The van der Waals surface area contributed by atoms with Crippen molar-refractivity contribution in [3.8, 4) is 0 Å². The van der Waals surface area contributed by atoms with Crippen LogP contribution in [0.5, 0.6) is 0 Å². The fraction of sp³-hybridized carbons (Fsp3) is 0.847. The third-order valence-corrected chi connectivity index (χ3v) is 15.6. The summed E-state index contributed by atoms with van der Waals surface area (Å²) in [6.45, 7) is 6.55. The van der Waals surface area contributed by atoms with Crippen molar-refractivity contribution in [2.45, 2.75) is 380 Å². The number of unbranched alkanes of at least 4 members (excludes halogenated alkanes) is 45. The summed E-state index contributed by atoms with van der Waals surface area (Å²) in [4.78, 5) is 38.2. The Labute approximate surface area is 486 Å². The summed E-state index contributed by atoms with van der Waals surface area (Å²) in [5.74, 6) is -0.874. The van der Waals surface area contributed by atoms with Gasteiger partial charge in [0.15, 0.2) is 6.10 Å². The molecule has 1 unspecified atom stereocenters. The van der Waals surface area contributed by atoms with Crippen molar-refractivity contribution < 1.29 is 28.6 Å². The topological polar surface area (TPSA) is 78.9 Å². The Hall–Kier alpha value is -2.63. The first kappa shape index (κ1) is 75.4. The zero-order valence-electron chi connectivity index (χ0n) is 52.5. The van der Waals surface area contributed by atoms with Crippen LogP contribution in [0.15, 0.2) is 48.6 Å². The highest BCUT2D eigenvalue weighted by atomic mass is 16.6. The molecule has 0 spiro atoms. The van der Waals surface area contributed by atoms with Gasteiger partial charge >= 0.3 is 17.9 Å². The second-order valence-corrected chi connectivity index (χ2v) is 23.4. The largest absolute Gasteiger partial charge is 0.462 e. The molecule has 78 heavy (non-hydrogen) atoms. The van der Waals surface area contributed by atoms with Crippen LogP contribution in [-0.2, 0) is 28.6 Å². The van der Waals surface area contributed by atoms with E-state index in [1.165, 1.54) is 238 Å². The Bertz CT molecular complexity index is 1350. The van der Waals surface area contributed by atoms with Gasteiger partial charge in [-0.05, 0) is 77.0 Å². The highest BCUT2D eigenvalue weighted by Gasteiger charge is 2.19. The van der Waals surface area contributed by atoms with Gasteiger partial charge in [-0.15, -0.1) is 0 Å². The molecule has 0 amide bonds. The molecule has 1 atom stereocenters. The van der Waals surface area contributed by atoms with Crippen molar-refractivity contribution in [2.75, 3.05) is 13.2 Å². The minimum absolute atomic E-state index is 0.0755. The lowest BCUT2D eigenvalue weighted by Gasteiger charge is -2.18. The predicted octanol–water partition coefficient (Wildman–Crippen LogP) is 23.7. The first-order valence-corrected chi connectivity index (χ1v) is 34.6. The number of hydrogen-bond acceptors (Lipinski definition) is 6. The van der Waals surface area contributed by atoms with Crippen molar-refractivity contribution in [2.24, 2.45) is 0 Å². The van der Waals surface area contributed by atoms with E-state index >= 15 is 0 Å². The Kier molecular flexibility index (Phi) is 64.6. The van der Waals surface area contributed by atoms with Crippen molar-refractivity contribution in [3.63, 3.8) is 0 Å². The Balaban J connectivity index is 3.99. The molecule has 6 nitrogen and oxygen atoms in total. The molecule has 0 bridgehead atoms. The van der Waals surface area contributed by atoms with Gasteiger partial charge in [-0.25, -0.2) is 0 Å². The second-order valence-electron chi connectivity index (χ2n) is 23.4. The van der Waals surface area contributed by atoms with E-state index in [0.29, 0.717) is 19.3 Å². The number of esters is 3. The van der Waals surface area contributed by atoms with Crippen LogP contribution in [0.25, 0.3) is 0 Å². The number of carbonyl (C=O) groups is 3. The van der Waals surface area contributed by atoms with Crippen molar-refractivity contribution >= 4 is 17.9 Å². The first-order chi connectivity index (χ1) is 38.5. The van der Waals surface area contributed by atoms with Crippen LogP contribution in [0.4, 0.5) is 0 Å². The van der Waals surface area contributed by atoms with Crippen molar-refractivity contribution in [1.29, 1.82) is 0 Å². The second kappa shape index (κ2) is 66.9. The molecule has 0 saturated heterocycles. The fourth-order valence-electron chi connectivity index (χ4n) is 10.4. The van der Waals surface area contributed by atoms with Crippen LogP contribution in [0.2, 0.25) is 0 Å². The van der Waals surface area contributed by atoms with Gasteiger partial charge in [0.2, 0.25) is 0 Å². The van der Waals surface area contributed by atoms with E-state index in [4.69, 9.17) is 14.2 Å². The minimum Gasteiger partial charge on any atom is -0.462 e. The van der Waals surface area contributed by atoms with Crippen molar-refractivity contribution in [1.82, 2.24) is 0 Å². The van der Waals surface area contributed by atoms with E-state index in [-0.39, 0.29) is 31.1 Å². The van der Waals surface area contributed by atoms with Gasteiger partial charge in [0.25, 0.3) is 0 Å². The molecule has 0 rings (SSSR count). The van der Waals surface area contributed by atoms with Crippen LogP contribution in [0.1, 0.15) is 374 Å². The maximum atomic E-state index is 12.9. The third kappa shape index (κ3) is 64.2. The van der Waals surface area contributed by atoms with Crippen molar-refractivity contribution in [3.05, 3.63) is 48.6 Å². The summed E-state index contributed by atoms with van der Waals surface area (Å²) < 4.78 is 16.9. The van der Waals surface area contributed by atoms with Crippen LogP contribution < -0.4 is 0 Å². The zero-order valence-corrected chi connectivity index (χ0v) is 52.5. The molecular weight excluding hydrogens is 961 g/mol. The predicted molar refractivity (Wildman–Crippen MR) is 339 cm³/mol. The van der Waals surface area contributed by atoms with E-state index in [0.717, 1.165) is 96.3 Å². The number of ether oxygens (including phenoxy) is 3. The van der Waals surface area contributed by atoms with E-state index in [9.17, 15) is 14.4 Å². The molecule has 0 aliphatic heterocycles. The Morgan fingerprint density at radius 2 is 0.500 bits per heavy atom. The van der Waals surface area contributed by atoms with E-state index in [2.05, 4.69) is 69.4 Å². The normalized spacial score (nSPS) is 12.3. The lowest BCUT2D eigenvalue weighted by Crippen LogP contribution is -2.30. The van der Waals surface area contributed by atoms with E-state index in [1.807, 2.05) is 0 Å². The molecule has 0 aliphatic rings. The first-order valence-electron chi connectivity index (χ1n) is 34.6. The number of hydrogen-bond donors (Lipinski definition) is 0. The Morgan fingerprint density at radius 1 is 0.269 bits per heavy atom. The lowest BCUT2D eigenvalue weighted by atomic mass is 10.0. The summed E-state index contributed by atoms with van der Waals surface area (Å²) >= 11 is 0. The SMILES string of the molecule is CC/C=C\C/C=C\C/C=C\CCCCCCCC(=O)OC(COC(=O)CCCCCCCCCCCC)COC(=O)CCCCCCCCCCCCCCCCCCCCCCCCC/C=C\CCCCCCCCCC. The van der Waals surface area contributed by atoms with Gasteiger partial charge < -0.3 is 14.2 Å². The smallest absolute Gasteiger partial charge is 0.306 e. The molecule has 0 N–H and O–H groups in total. The summed E-state index contributed by atoms with van der Waals surface area (Å²) in [5.41, 5.74) is 0. The molecule has 6 heteroatoms. The quantitative estimate of drug-likeness (QED) is 0.0261. The average molecular weight is 1090 g/mol. The fourth-order valence-corrected chi connectivity index (χ4v) is 10.4. The monoisotopic (exact) mass is 1090 g/mol. The number of carbonyl (C=O) groups excluding carboxylic acids is 3. The maximum absolute atomic E-state index is 12.9. The molecule has 0 radical (unpaired) electrons. The molecular formula is C72H132O6. The highest BCUT2D eigenvalue weighted by molar-refractivity contribution is 5.71. The maximum Gasteiger partial charge on any atom is 0.306 e. The molecule has 0 aromatic heterocycles. The van der Waals surface area contributed by atoms with Gasteiger partial charge in [-0.2, -0.15) is 0 Å². The molecule has 0 heterocycles. The van der Waals surface area contributed by atoms with E-state index < -0.39 is 6.10 Å². The number of allylic oxidation sites excluding steroid dienone is 8. The zero-order chi connectivity index (χ0) is 56.4. The van der Waals surface area contributed by atoms with Crippen LogP contribution in [-0.4, -0.2) is 37.2 Å². The molecule has 0 aromatic carbocycles. The summed E-state index contributed by atoms with van der Waals surface area (Å²) in [5, 5.41) is 0. The standard InChI is InChI=1S/C72H132O6/c1-4-7-10-13-16-19-22-24-26-27-28-29-30-31-32-33-34-35-36-37-38-39-40-41-42-43-44-45-47-48-50-53-56-59-62-65-71(74)77-68-69(67-76-70(73)64-61-58-55-52-21-18-15-12-9-6-3)78-72(75)66-63-60-57-54-51-49-46-25-23-20-17-14-11-8-5-2/h8,11,17,20,25,27-28,46,69H,4-7,9-10,12-16,18-19,21-24,26,29-45,47-68H2,1-3H3/b11-8-,20-17-,28-27-,46-25-. The van der Waals surface area contributed by atoms with Gasteiger partial charge in [-0.3, -0.25) is 14.4 Å². The summed E-state index contributed by atoms with van der Waals surface area (Å²) in [6.07, 6.45) is 84.6.